The van der Waals surface area contributed by atoms with Crippen LogP contribution in [0.5, 0.6) is 5.75 Å². The minimum Gasteiger partial charge on any atom is -0.479 e. The third kappa shape index (κ3) is 6.64. The van der Waals surface area contributed by atoms with E-state index in [2.05, 4.69) is 28.7 Å². The van der Waals surface area contributed by atoms with Crippen LogP contribution in [0.3, 0.4) is 0 Å². The number of hydrogen-bond acceptors (Lipinski definition) is 7. The summed E-state index contributed by atoms with van der Waals surface area (Å²) in [5.41, 5.74) is 1.12. The van der Waals surface area contributed by atoms with Gasteiger partial charge in [0.1, 0.15) is 10.7 Å². The lowest BCUT2D eigenvalue weighted by atomic mass is 9.80. The van der Waals surface area contributed by atoms with Gasteiger partial charge in [-0.2, -0.15) is 0 Å². The van der Waals surface area contributed by atoms with Crippen LogP contribution >= 0.6 is 0 Å². The Balaban J connectivity index is 1.29. The fraction of sp³-hybridized carbons (Fsp3) is 0.593. The van der Waals surface area contributed by atoms with Crippen molar-refractivity contribution in [3.8, 4) is 5.75 Å². The molecule has 0 spiro atoms. The summed E-state index contributed by atoms with van der Waals surface area (Å²) in [5.74, 6) is -1.11. The van der Waals surface area contributed by atoms with Crippen molar-refractivity contribution in [1.82, 2.24) is 9.97 Å². The lowest BCUT2D eigenvalue weighted by molar-refractivity contribution is -0.133. The Hall–Kier alpha value is -2.62. The first-order valence-corrected chi connectivity index (χ1v) is 14.9. The van der Waals surface area contributed by atoms with Gasteiger partial charge in [0.25, 0.3) is 0 Å². The predicted octanol–water partition coefficient (Wildman–Crippen LogP) is 5.10. The van der Waals surface area contributed by atoms with Crippen molar-refractivity contribution in [3.05, 3.63) is 41.7 Å². The quantitative estimate of drug-likeness (QED) is 0.465. The number of nitrogens with zero attached hydrogens (tertiary/aromatic N) is 3. The monoisotopic (exact) mass is 535 g/mol. The van der Waals surface area contributed by atoms with E-state index in [1.165, 1.54) is 0 Å². The molecular weight excluding hydrogens is 500 g/mol. The fourth-order valence-electron chi connectivity index (χ4n) is 5.19. The lowest BCUT2D eigenvalue weighted by Crippen LogP contribution is -2.38. The van der Waals surface area contributed by atoms with E-state index in [-0.39, 0.29) is 11.7 Å². The zero-order chi connectivity index (χ0) is 26.7. The number of hydrogen-bond donors (Lipinski definition) is 0. The summed E-state index contributed by atoms with van der Waals surface area (Å²) >= 11 is 0. The first kappa shape index (κ1) is 27.4. The Kier molecular flexibility index (Phi) is 8.46. The molecule has 2 atom stereocenters. The summed E-state index contributed by atoms with van der Waals surface area (Å²) in [6.45, 7) is 5.99. The van der Waals surface area contributed by atoms with Crippen LogP contribution in [0.4, 0.5) is 14.7 Å². The van der Waals surface area contributed by atoms with Gasteiger partial charge in [-0.15, -0.1) is 0 Å². The first-order chi connectivity index (χ1) is 17.5. The highest BCUT2D eigenvalue weighted by Crippen LogP contribution is 2.33. The highest BCUT2D eigenvalue weighted by Gasteiger charge is 2.34. The van der Waals surface area contributed by atoms with Crippen molar-refractivity contribution in [2.24, 2.45) is 11.8 Å². The number of carbonyl (C=O) groups is 1. The molecule has 202 valence electrons. The van der Waals surface area contributed by atoms with E-state index in [1.807, 2.05) is 12.4 Å². The molecule has 4 rings (SSSR count). The molecule has 2 aromatic rings. The molecule has 2 aliphatic rings. The maximum Gasteiger partial charge on any atom is 0.225 e. The zero-order valence-electron chi connectivity index (χ0n) is 21.6. The van der Waals surface area contributed by atoms with Gasteiger partial charge in [-0.25, -0.2) is 27.2 Å². The average molecular weight is 536 g/mol. The van der Waals surface area contributed by atoms with Gasteiger partial charge in [0.15, 0.2) is 33.3 Å². The number of benzene rings is 1. The van der Waals surface area contributed by atoms with Crippen LogP contribution < -0.4 is 9.64 Å². The lowest BCUT2D eigenvalue weighted by Gasteiger charge is -2.33. The van der Waals surface area contributed by atoms with E-state index in [4.69, 9.17) is 4.74 Å². The van der Waals surface area contributed by atoms with E-state index in [1.54, 1.807) is 0 Å². The molecule has 0 N–H and O–H groups in total. The summed E-state index contributed by atoms with van der Waals surface area (Å²) < 4.78 is 57.5. The highest BCUT2D eigenvalue weighted by atomic mass is 32.2. The van der Waals surface area contributed by atoms with Crippen LogP contribution in [0.1, 0.15) is 70.3 Å². The van der Waals surface area contributed by atoms with E-state index >= 15 is 0 Å². The van der Waals surface area contributed by atoms with Crippen molar-refractivity contribution in [1.29, 1.82) is 0 Å². The van der Waals surface area contributed by atoms with Gasteiger partial charge in [0, 0.05) is 43.7 Å². The number of aromatic nitrogens is 2. The van der Waals surface area contributed by atoms with Gasteiger partial charge < -0.3 is 9.64 Å². The third-order valence-electron chi connectivity index (χ3n) is 7.54. The van der Waals surface area contributed by atoms with Gasteiger partial charge in [0.2, 0.25) is 5.95 Å². The SMILES string of the molecule is CC(C)c1cnc(N2CCC(CCC3CCCC(Oc4cc(F)c(S(C)(=O)=O)cc4F)C3=O)CC2)nc1. The van der Waals surface area contributed by atoms with Gasteiger partial charge in [-0.3, -0.25) is 4.79 Å². The van der Waals surface area contributed by atoms with Crippen LogP contribution in [0.15, 0.2) is 29.4 Å². The Morgan fingerprint density at radius 3 is 2.32 bits per heavy atom. The smallest absolute Gasteiger partial charge is 0.225 e. The van der Waals surface area contributed by atoms with E-state index in [9.17, 15) is 22.0 Å². The van der Waals surface area contributed by atoms with E-state index in [0.29, 0.717) is 24.3 Å². The van der Waals surface area contributed by atoms with Gasteiger partial charge >= 0.3 is 0 Å². The van der Waals surface area contributed by atoms with Gasteiger partial charge in [-0.1, -0.05) is 13.8 Å². The molecule has 37 heavy (non-hydrogen) atoms. The second kappa shape index (κ2) is 11.4. The molecule has 10 heteroatoms. The molecule has 7 nitrogen and oxygen atoms in total. The number of carbonyl (C=O) groups excluding carboxylic acids is 1. The molecular formula is C27H35F2N3O4S. The summed E-state index contributed by atoms with van der Waals surface area (Å²) in [5, 5.41) is 0. The van der Waals surface area contributed by atoms with Crippen LogP contribution in [0.2, 0.25) is 0 Å². The second-order valence-electron chi connectivity index (χ2n) is 10.6. The van der Waals surface area contributed by atoms with Crippen molar-refractivity contribution < 1.29 is 26.7 Å². The molecule has 1 aromatic heterocycles. The minimum atomic E-state index is -3.92. The number of halogens is 2. The minimum absolute atomic E-state index is 0.0886. The van der Waals surface area contributed by atoms with Crippen LogP contribution in [-0.2, 0) is 14.6 Å². The molecule has 1 aliphatic heterocycles. The third-order valence-corrected chi connectivity index (χ3v) is 8.65. The first-order valence-electron chi connectivity index (χ1n) is 13.0. The van der Waals surface area contributed by atoms with Crippen LogP contribution in [0, 0.1) is 23.5 Å². The number of piperidine rings is 1. The second-order valence-corrected chi connectivity index (χ2v) is 12.6. The average Bonchev–Trinajstić information content (AvgIpc) is 2.86. The Labute approximate surface area is 217 Å². The molecule has 0 amide bonds. The van der Waals surface area contributed by atoms with Crippen molar-refractivity contribution in [2.45, 2.75) is 75.7 Å². The van der Waals surface area contributed by atoms with Crippen molar-refractivity contribution >= 4 is 21.6 Å². The molecule has 2 heterocycles. The molecule has 1 saturated carbocycles. The predicted molar refractivity (Wildman–Crippen MR) is 137 cm³/mol. The number of rotatable bonds is 8. The normalized spacial score (nSPS) is 21.5. The van der Waals surface area contributed by atoms with Crippen LogP contribution in [0.25, 0.3) is 0 Å². The largest absolute Gasteiger partial charge is 0.479 e. The maximum atomic E-state index is 14.5. The summed E-state index contributed by atoms with van der Waals surface area (Å²) in [4.78, 5) is 23.6. The molecule has 2 unspecified atom stereocenters. The Bertz CT molecular complexity index is 1210. The zero-order valence-corrected chi connectivity index (χ0v) is 22.4. The number of ketones is 1. The number of anilines is 1. The van der Waals surface area contributed by atoms with Crippen LogP contribution in [-0.4, -0.2) is 49.6 Å². The van der Waals surface area contributed by atoms with E-state index in [0.717, 1.165) is 75.4 Å². The standard InChI is InChI=1S/C27H35F2N3O4S/c1-17(2)20-15-30-27(31-16-20)32-11-9-18(10-12-32)7-8-19-5-4-6-23(26(19)33)36-24-13-22(29)25(14-21(24)28)37(3,34)35/h13-19,23H,4-12H2,1-3H3. The molecule has 2 fully saturated rings. The molecule has 0 radical (unpaired) electrons. The summed E-state index contributed by atoms with van der Waals surface area (Å²) in [6.07, 6.45) is 9.37. The van der Waals surface area contributed by atoms with Gasteiger partial charge in [0.05, 0.1) is 0 Å². The molecule has 1 aliphatic carbocycles. The number of sulfone groups is 1. The number of ether oxygens (including phenoxy) is 1. The summed E-state index contributed by atoms with van der Waals surface area (Å²) in [6, 6.07) is 1.33. The molecule has 1 aromatic carbocycles. The van der Waals surface area contributed by atoms with Crippen molar-refractivity contribution in [2.75, 3.05) is 24.2 Å². The van der Waals surface area contributed by atoms with E-state index < -0.39 is 38.2 Å². The highest BCUT2D eigenvalue weighted by molar-refractivity contribution is 7.90. The fourth-order valence-corrected chi connectivity index (χ4v) is 5.92. The Morgan fingerprint density at radius 2 is 1.70 bits per heavy atom. The Morgan fingerprint density at radius 1 is 1.03 bits per heavy atom. The summed E-state index contributed by atoms with van der Waals surface area (Å²) in [7, 11) is -3.92. The topological polar surface area (TPSA) is 89.5 Å². The maximum absolute atomic E-state index is 14.5. The van der Waals surface area contributed by atoms with Gasteiger partial charge in [-0.05, 0) is 68.4 Å². The molecule has 1 saturated heterocycles. The number of Topliss-reactive ketones (excluding diaryl/α,β-unsaturated/α-hetero) is 1. The van der Waals surface area contributed by atoms with Crippen molar-refractivity contribution in [3.63, 3.8) is 0 Å². The molecule has 0 bridgehead atoms.